The zero-order chi connectivity index (χ0) is 14.0. The predicted octanol–water partition coefficient (Wildman–Crippen LogP) is 3.67. The smallest absolute Gasteiger partial charge is 0.406 e. The van der Waals surface area contributed by atoms with Crippen LogP contribution in [-0.2, 0) is 12.6 Å². The van der Waals surface area contributed by atoms with Crippen molar-refractivity contribution in [1.82, 2.24) is 0 Å². The number of nitriles is 1. The lowest BCUT2D eigenvalue weighted by Gasteiger charge is -2.14. The summed E-state index contributed by atoms with van der Waals surface area (Å²) in [6.07, 6.45) is -10.4. The van der Waals surface area contributed by atoms with E-state index in [1.807, 2.05) is 0 Å². The molecule has 0 aromatic heterocycles. The van der Waals surface area contributed by atoms with Crippen molar-refractivity contribution in [3.8, 4) is 11.8 Å². The molecule has 2 nitrogen and oxygen atoms in total. The molecule has 0 fully saturated rings. The molecule has 0 aliphatic heterocycles. The van der Waals surface area contributed by atoms with Crippen molar-refractivity contribution in [2.45, 2.75) is 19.0 Å². The molecule has 0 N–H and O–H groups in total. The van der Waals surface area contributed by atoms with E-state index < -0.39 is 35.8 Å². The van der Waals surface area contributed by atoms with Crippen LogP contribution in [0.3, 0.4) is 0 Å². The molecule has 0 unspecified atom stereocenters. The molecule has 0 heterocycles. The highest BCUT2D eigenvalue weighted by Crippen LogP contribution is 2.35. The van der Waals surface area contributed by atoms with Crippen LogP contribution in [0.4, 0.5) is 26.3 Å². The van der Waals surface area contributed by atoms with Crippen molar-refractivity contribution in [3.63, 3.8) is 0 Å². The Hall–Kier alpha value is -1.91. The monoisotopic (exact) mass is 269 g/mol. The first-order chi connectivity index (χ1) is 8.13. The Bertz CT molecular complexity index is 471. The van der Waals surface area contributed by atoms with Gasteiger partial charge >= 0.3 is 12.5 Å². The Morgan fingerprint density at radius 3 is 2.17 bits per heavy atom. The Morgan fingerprint density at radius 2 is 1.72 bits per heavy atom. The molecule has 0 spiro atoms. The fourth-order valence-electron chi connectivity index (χ4n) is 1.28. The van der Waals surface area contributed by atoms with Gasteiger partial charge in [0, 0.05) is 0 Å². The summed E-state index contributed by atoms with van der Waals surface area (Å²) in [5.74, 6) is -0.791. The standard InChI is InChI=1S/C10H5F6NO/c11-9(12,13)8-2-1-7(18-10(14,15)16)5-6(8)3-4-17/h1-2,5H,3H2. The van der Waals surface area contributed by atoms with Gasteiger partial charge in [-0.15, -0.1) is 13.2 Å². The Labute approximate surface area is 97.4 Å². The largest absolute Gasteiger partial charge is 0.573 e. The van der Waals surface area contributed by atoms with Crippen LogP contribution in [0.5, 0.6) is 5.75 Å². The molecular formula is C10H5F6NO. The van der Waals surface area contributed by atoms with Gasteiger partial charge < -0.3 is 4.74 Å². The third kappa shape index (κ3) is 3.84. The minimum atomic E-state index is -5.00. The van der Waals surface area contributed by atoms with Gasteiger partial charge in [0.25, 0.3) is 0 Å². The van der Waals surface area contributed by atoms with Crippen LogP contribution in [0.1, 0.15) is 11.1 Å². The second-order valence-electron chi connectivity index (χ2n) is 3.20. The van der Waals surface area contributed by atoms with Crippen molar-refractivity contribution in [1.29, 1.82) is 5.26 Å². The van der Waals surface area contributed by atoms with E-state index in [1.54, 1.807) is 0 Å². The summed E-state index contributed by atoms with van der Waals surface area (Å²) in [6.45, 7) is 0. The van der Waals surface area contributed by atoms with Crippen LogP contribution >= 0.6 is 0 Å². The minimum Gasteiger partial charge on any atom is -0.406 e. The molecule has 0 aliphatic rings. The fourth-order valence-corrected chi connectivity index (χ4v) is 1.28. The van der Waals surface area contributed by atoms with Gasteiger partial charge in [-0.2, -0.15) is 18.4 Å². The number of nitrogens with zero attached hydrogens (tertiary/aromatic N) is 1. The highest BCUT2D eigenvalue weighted by atomic mass is 19.4. The van der Waals surface area contributed by atoms with Gasteiger partial charge in [-0.25, -0.2) is 0 Å². The topological polar surface area (TPSA) is 33.0 Å². The average Bonchev–Trinajstić information content (AvgIpc) is 2.13. The van der Waals surface area contributed by atoms with E-state index in [4.69, 9.17) is 5.26 Å². The summed E-state index contributed by atoms with van der Waals surface area (Å²) in [7, 11) is 0. The molecule has 8 heteroatoms. The van der Waals surface area contributed by atoms with Crippen molar-refractivity contribution in [3.05, 3.63) is 29.3 Å². The van der Waals surface area contributed by atoms with Gasteiger partial charge in [-0.05, 0) is 23.8 Å². The number of hydrogen-bond donors (Lipinski definition) is 0. The van der Waals surface area contributed by atoms with Crippen molar-refractivity contribution >= 4 is 0 Å². The summed E-state index contributed by atoms with van der Waals surface area (Å²) in [5, 5.41) is 8.35. The van der Waals surface area contributed by atoms with E-state index in [0.717, 1.165) is 0 Å². The lowest BCUT2D eigenvalue weighted by molar-refractivity contribution is -0.274. The van der Waals surface area contributed by atoms with Gasteiger partial charge in [0.05, 0.1) is 18.1 Å². The summed E-state index contributed by atoms with van der Waals surface area (Å²) in [5.41, 5.74) is -1.72. The quantitative estimate of drug-likeness (QED) is 0.767. The van der Waals surface area contributed by atoms with Gasteiger partial charge in [-0.3, -0.25) is 0 Å². The first-order valence-corrected chi connectivity index (χ1v) is 4.46. The fraction of sp³-hybridized carbons (Fsp3) is 0.300. The highest BCUT2D eigenvalue weighted by molar-refractivity contribution is 5.38. The zero-order valence-corrected chi connectivity index (χ0v) is 8.56. The number of halogens is 6. The maximum atomic E-state index is 12.5. The van der Waals surface area contributed by atoms with Gasteiger partial charge in [0.2, 0.25) is 0 Å². The molecule has 0 aliphatic carbocycles. The second-order valence-corrected chi connectivity index (χ2v) is 3.20. The number of alkyl halides is 6. The number of benzene rings is 1. The minimum absolute atomic E-state index is 0.452. The lowest BCUT2D eigenvalue weighted by Crippen LogP contribution is -2.18. The van der Waals surface area contributed by atoms with E-state index in [2.05, 4.69) is 4.74 Å². The Morgan fingerprint density at radius 1 is 1.11 bits per heavy atom. The molecule has 98 valence electrons. The number of hydrogen-bond acceptors (Lipinski definition) is 2. The molecule has 0 amide bonds. The van der Waals surface area contributed by atoms with Crippen LogP contribution in [0.25, 0.3) is 0 Å². The first-order valence-electron chi connectivity index (χ1n) is 4.46. The van der Waals surface area contributed by atoms with E-state index >= 15 is 0 Å². The van der Waals surface area contributed by atoms with Gasteiger partial charge in [0.1, 0.15) is 5.75 Å². The van der Waals surface area contributed by atoms with Crippen LogP contribution in [0.2, 0.25) is 0 Å². The molecule has 1 aromatic carbocycles. The third-order valence-electron chi connectivity index (χ3n) is 1.89. The lowest BCUT2D eigenvalue weighted by atomic mass is 10.0. The second kappa shape index (κ2) is 4.76. The highest BCUT2D eigenvalue weighted by Gasteiger charge is 2.35. The van der Waals surface area contributed by atoms with E-state index in [1.165, 1.54) is 6.07 Å². The Kier molecular flexibility index (Phi) is 3.74. The predicted molar refractivity (Wildman–Crippen MR) is 47.4 cm³/mol. The van der Waals surface area contributed by atoms with E-state index in [9.17, 15) is 26.3 Å². The van der Waals surface area contributed by atoms with Crippen LogP contribution in [-0.4, -0.2) is 6.36 Å². The third-order valence-corrected chi connectivity index (χ3v) is 1.89. The van der Waals surface area contributed by atoms with Crippen LogP contribution in [0.15, 0.2) is 18.2 Å². The van der Waals surface area contributed by atoms with Crippen molar-refractivity contribution < 1.29 is 31.1 Å². The molecule has 18 heavy (non-hydrogen) atoms. The summed E-state index contributed by atoms with van der Waals surface area (Å²) < 4.78 is 76.5. The van der Waals surface area contributed by atoms with E-state index in [0.29, 0.717) is 18.2 Å². The SMILES string of the molecule is N#CCc1cc(OC(F)(F)F)ccc1C(F)(F)F. The number of rotatable bonds is 2. The van der Waals surface area contributed by atoms with Crippen molar-refractivity contribution in [2.24, 2.45) is 0 Å². The molecule has 0 radical (unpaired) electrons. The molecule has 0 saturated heterocycles. The Balaban J connectivity index is 3.16. The molecule has 1 rings (SSSR count). The average molecular weight is 269 g/mol. The normalized spacial score (nSPS) is 12.1. The summed E-state index contributed by atoms with van der Waals surface area (Å²) >= 11 is 0. The maximum Gasteiger partial charge on any atom is 0.573 e. The van der Waals surface area contributed by atoms with E-state index in [-0.39, 0.29) is 0 Å². The molecular weight excluding hydrogens is 264 g/mol. The summed E-state index contributed by atoms with van der Waals surface area (Å²) in [4.78, 5) is 0. The first kappa shape index (κ1) is 14.2. The van der Waals surface area contributed by atoms with Gasteiger partial charge in [0.15, 0.2) is 0 Å². The zero-order valence-electron chi connectivity index (χ0n) is 8.56. The van der Waals surface area contributed by atoms with Crippen LogP contribution in [0, 0.1) is 11.3 Å². The molecule has 0 bridgehead atoms. The maximum absolute atomic E-state index is 12.5. The van der Waals surface area contributed by atoms with Gasteiger partial charge in [-0.1, -0.05) is 0 Å². The molecule has 0 saturated carbocycles. The van der Waals surface area contributed by atoms with Crippen LogP contribution < -0.4 is 4.74 Å². The molecule has 1 aromatic rings. The summed E-state index contributed by atoms with van der Waals surface area (Å²) in [6, 6.07) is 3.01. The number of ether oxygens (including phenoxy) is 1. The van der Waals surface area contributed by atoms with Crippen molar-refractivity contribution in [2.75, 3.05) is 0 Å². The molecule has 0 atom stereocenters.